The molecule has 1 aromatic heterocycles. The fraction of sp³-hybridized carbons (Fsp3) is 0.238. The number of nitrogens with one attached hydrogen (secondary N) is 1. The van der Waals surface area contributed by atoms with Crippen molar-refractivity contribution in [3.8, 4) is 11.5 Å². The van der Waals surface area contributed by atoms with Gasteiger partial charge in [0.05, 0.1) is 11.4 Å². The normalized spacial score (nSPS) is 12.0. The summed E-state index contributed by atoms with van der Waals surface area (Å²) in [6.07, 6.45) is 0. The molecule has 0 fully saturated rings. The van der Waals surface area contributed by atoms with E-state index in [0.717, 1.165) is 16.7 Å². The van der Waals surface area contributed by atoms with Crippen molar-refractivity contribution in [2.45, 2.75) is 26.1 Å². The first-order valence-corrected chi connectivity index (χ1v) is 10.7. The van der Waals surface area contributed by atoms with Gasteiger partial charge in [0.25, 0.3) is 0 Å². The number of nitrogens with zero attached hydrogens (tertiary/aromatic N) is 1. The SMILES string of the molecule is Cc1cccc(-c2nc(C[S@](=O)CC(=O)NCc3ccc(Cl)cc3)c(C)o2)c1. The van der Waals surface area contributed by atoms with Gasteiger partial charge in [0, 0.05) is 27.9 Å². The number of halogens is 1. The molecule has 1 amide bonds. The first kappa shape index (κ1) is 20.3. The second-order valence-corrected chi connectivity index (χ2v) is 8.42. The van der Waals surface area contributed by atoms with Crippen LogP contribution in [0.2, 0.25) is 5.02 Å². The molecule has 2 aromatic carbocycles. The van der Waals surface area contributed by atoms with Crippen LogP contribution in [0.3, 0.4) is 0 Å². The lowest BCUT2D eigenvalue weighted by Crippen LogP contribution is -2.28. The molecule has 0 saturated carbocycles. The maximum atomic E-state index is 12.4. The van der Waals surface area contributed by atoms with Crippen molar-refractivity contribution in [3.63, 3.8) is 0 Å². The molecule has 0 aliphatic carbocycles. The molecular weight excluding hydrogens is 396 g/mol. The highest BCUT2D eigenvalue weighted by atomic mass is 35.5. The van der Waals surface area contributed by atoms with Crippen molar-refractivity contribution >= 4 is 28.3 Å². The summed E-state index contributed by atoms with van der Waals surface area (Å²) >= 11 is 5.84. The molecule has 5 nitrogen and oxygen atoms in total. The number of benzene rings is 2. The van der Waals surface area contributed by atoms with Crippen LogP contribution in [0.1, 0.15) is 22.6 Å². The molecule has 3 aromatic rings. The van der Waals surface area contributed by atoms with E-state index in [4.69, 9.17) is 16.0 Å². The van der Waals surface area contributed by atoms with Crippen LogP contribution in [0.25, 0.3) is 11.5 Å². The molecule has 0 radical (unpaired) electrons. The summed E-state index contributed by atoms with van der Waals surface area (Å²) in [4.78, 5) is 16.5. The third-order valence-corrected chi connectivity index (χ3v) is 5.58. The van der Waals surface area contributed by atoms with Crippen LogP contribution in [0.5, 0.6) is 0 Å². The Hall–Kier alpha value is -2.44. The fourth-order valence-electron chi connectivity index (χ4n) is 2.67. The molecule has 3 rings (SSSR count). The van der Waals surface area contributed by atoms with Crippen molar-refractivity contribution in [1.29, 1.82) is 0 Å². The Bertz CT molecular complexity index is 999. The molecule has 28 heavy (non-hydrogen) atoms. The minimum atomic E-state index is -1.38. The molecule has 1 atom stereocenters. The number of oxazole rings is 1. The molecule has 0 aliphatic rings. The van der Waals surface area contributed by atoms with Gasteiger partial charge in [0.15, 0.2) is 0 Å². The summed E-state index contributed by atoms with van der Waals surface area (Å²) < 4.78 is 18.1. The quantitative estimate of drug-likeness (QED) is 0.627. The molecule has 146 valence electrons. The minimum absolute atomic E-state index is 0.0837. The average Bonchev–Trinajstić information content (AvgIpc) is 3.01. The second-order valence-electron chi connectivity index (χ2n) is 6.52. The Morgan fingerprint density at radius 1 is 1.18 bits per heavy atom. The van der Waals surface area contributed by atoms with E-state index in [2.05, 4.69) is 10.3 Å². The summed E-state index contributed by atoms with van der Waals surface area (Å²) in [5.74, 6) is 0.940. The van der Waals surface area contributed by atoms with Crippen molar-refractivity contribution in [2.75, 3.05) is 5.75 Å². The summed E-state index contributed by atoms with van der Waals surface area (Å²) in [5.41, 5.74) is 3.52. The lowest BCUT2D eigenvalue weighted by atomic mass is 10.1. The van der Waals surface area contributed by atoms with Crippen molar-refractivity contribution in [1.82, 2.24) is 10.3 Å². The van der Waals surface area contributed by atoms with E-state index in [1.54, 1.807) is 19.1 Å². The minimum Gasteiger partial charge on any atom is -0.441 e. The second kappa shape index (κ2) is 9.17. The van der Waals surface area contributed by atoms with E-state index < -0.39 is 10.8 Å². The molecule has 1 heterocycles. The molecule has 0 saturated heterocycles. The predicted molar refractivity (Wildman–Crippen MR) is 111 cm³/mol. The highest BCUT2D eigenvalue weighted by molar-refractivity contribution is 7.84. The van der Waals surface area contributed by atoms with E-state index in [1.165, 1.54) is 0 Å². The van der Waals surface area contributed by atoms with Crippen LogP contribution in [0.4, 0.5) is 0 Å². The van der Waals surface area contributed by atoms with Gasteiger partial charge >= 0.3 is 0 Å². The smallest absolute Gasteiger partial charge is 0.232 e. The average molecular weight is 417 g/mol. The Morgan fingerprint density at radius 3 is 2.64 bits per heavy atom. The number of aryl methyl sites for hydroxylation is 2. The van der Waals surface area contributed by atoms with Gasteiger partial charge in [-0.25, -0.2) is 4.98 Å². The molecule has 0 bridgehead atoms. The first-order valence-electron chi connectivity index (χ1n) is 8.80. The van der Waals surface area contributed by atoms with Gasteiger partial charge in [-0.2, -0.15) is 0 Å². The van der Waals surface area contributed by atoms with E-state index in [0.29, 0.717) is 28.9 Å². The number of aromatic nitrogens is 1. The molecule has 0 unspecified atom stereocenters. The van der Waals surface area contributed by atoms with E-state index in [9.17, 15) is 9.00 Å². The van der Waals surface area contributed by atoms with Crippen molar-refractivity contribution in [2.24, 2.45) is 0 Å². The highest BCUT2D eigenvalue weighted by Gasteiger charge is 2.16. The van der Waals surface area contributed by atoms with Gasteiger partial charge < -0.3 is 9.73 Å². The van der Waals surface area contributed by atoms with Crippen LogP contribution in [-0.4, -0.2) is 20.9 Å². The van der Waals surface area contributed by atoms with Gasteiger partial charge in [-0.15, -0.1) is 0 Å². The fourth-order valence-corrected chi connectivity index (χ4v) is 3.86. The van der Waals surface area contributed by atoms with Gasteiger partial charge in [-0.1, -0.05) is 41.4 Å². The Balaban J connectivity index is 1.55. The summed E-state index contributed by atoms with van der Waals surface area (Å²) in [6, 6.07) is 15.0. The Kier molecular flexibility index (Phi) is 6.65. The lowest BCUT2D eigenvalue weighted by molar-refractivity contribution is -0.118. The standard InChI is InChI=1S/C21H21ClN2O3S/c1-14-4-3-5-17(10-14)21-24-19(15(2)27-21)12-28(26)13-20(25)23-11-16-6-8-18(22)9-7-16/h3-10H,11-13H2,1-2H3,(H,23,25)/t28-/m0/s1. The number of carbonyl (C=O) groups is 1. The number of hydrogen-bond acceptors (Lipinski definition) is 4. The summed E-state index contributed by atoms with van der Waals surface area (Å²) in [5, 5.41) is 3.41. The molecule has 1 N–H and O–H groups in total. The summed E-state index contributed by atoms with van der Waals surface area (Å²) in [6.45, 7) is 4.16. The Labute approximate surface area is 171 Å². The van der Waals surface area contributed by atoms with Crippen LogP contribution in [0.15, 0.2) is 52.9 Å². The zero-order valence-corrected chi connectivity index (χ0v) is 17.3. The van der Waals surface area contributed by atoms with Gasteiger partial charge in [-0.05, 0) is 43.7 Å². The highest BCUT2D eigenvalue weighted by Crippen LogP contribution is 2.23. The zero-order chi connectivity index (χ0) is 20.1. The maximum Gasteiger partial charge on any atom is 0.232 e. The third kappa shape index (κ3) is 5.53. The largest absolute Gasteiger partial charge is 0.441 e. The first-order chi connectivity index (χ1) is 13.4. The van der Waals surface area contributed by atoms with E-state index >= 15 is 0 Å². The summed E-state index contributed by atoms with van der Waals surface area (Å²) in [7, 11) is -1.38. The number of amides is 1. The van der Waals surface area contributed by atoms with Gasteiger partial charge in [0.2, 0.25) is 11.8 Å². The maximum absolute atomic E-state index is 12.4. The molecule has 7 heteroatoms. The van der Waals surface area contributed by atoms with Crippen LogP contribution >= 0.6 is 11.6 Å². The molecule has 0 spiro atoms. The zero-order valence-electron chi connectivity index (χ0n) is 15.7. The number of carbonyl (C=O) groups excluding carboxylic acids is 1. The van der Waals surface area contributed by atoms with E-state index in [1.807, 2.05) is 43.3 Å². The molecular formula is C21H21ClN2O3S. The molecule has 0 aliphatic heterocycles. The topological polar surface area (TPSA) is 72.2 Å². The predicted octanol–water partition coefficient (Wildman–Crippen LogP) is 4.18. The Morgan fingerprint density at radius 2 is 1.93 bits per heavy atom. The monoisotopic (exact) mass is 416 g/mol. The van der Waals surface area contributed by atoms with Crippen molar-refractivity contribution < 1.29 is 13.4 Å². The van der Waals surface area contributed by atoms with Crippen LogP contribution < -0.4 is 5.32 Å². The van der Waals surface area contributed by atoms with Crippen LogP contribution in [-0.2, 0) is 27.9 Å². The van der Waals surface area contributed by atoms with Gasteiger partial charge in [-0.3, -0.25) is 9.00 Å². The number of hydrogen-bond donors (Lipinski definition) is 1. The van der Waals surface area contributed by atoms with Crippen LogP contribution in [0, 0.1) is 13.8 Å². The van der Waals surface area contributed by atoms with E-state index in [-0.39, 0.29) is 17.4 Å². The van der Waals surface area contributed by atoms with Crippen molar-refractivity contribution in [3.05, 3.63) is 76.1 Å². The third-order valence-electron chi connectivity index (χ3n) is 4.15. The van der Waals surface area contributed by atoms with Gasteiger partial charge in [0.1, 0.15) is 11.5 Å². The number of rotatable bonds is 7. The lowest BCUT2D eigenvalue weighted by Gasteiger charge is -2.05.